The van der Waals surface area contributed by atoms with Crippen LogP contribution in [0, 0.1) is 0 Å². The van der Waals surface area contributed by atoms with E-state index in [1.807, 2.05) is 24.3 Å². The van der Waals surface area contributed by atoms with E-state index < -0.39 is 0 Å². The Hall–Kier alpha value is -2.74. The van der Waals surface area contributed by atoms with Crippen LogP contribution in [0.15, 0.2) is 53.0 Å². The molecule has 1 amide bonds. The molecule has 3 aromatic rings. The number of carbonyl (C=O) groups is 1. The van der Waals surface area contributed by atoms with Crippen LogP contribution >= 0.6 is 15.9 Å². The van der Waals surface area contributed by atoms with Crippen LogP contribution in [0.4, 0.5) is 0 Å². The Kier molecular flexibility index (Phi) is 4.85. The van der Waals surface area contributed by atoms with Crippen molar-refractivity contribution in [3.05, 3.63) is 64.4 Å². The summed E-state index contributed by atoms with van der Waals surface area (Å²) < 4.78 is 7.67. The van der Waals surface area contributed by atoms with E-state index in [1.54, 1.807) is 36.1 Å². The average molecular weight is 388 g/mol. The number of hydrogen-bond donors (Lipinski definition) is 1. The molecule has 1 N–H and O–H groups in total. The van der Waals surface area contributed by atoms with Crippen LogP contribution in [0.1, 0.15) is 16.2 Å². The lowest BCUT2D eigenvalue weighted by molar-refractivity contribution is 0.0949. The number of amides is 1. The number of hydrogen-bond acceptors (Lipinski definition) is 5. The second kappa shape index (κ2) is 7.22. The van der Waals surface area contributed by atoms with Gasteiger partial charge in [0.05, 0.1) is 19.3 Å². The predicted molar refractivity (Wildman–Crippen MR) is 91.0 cm³/mol. The molecule has 1 aromatic heterocycles. The van der Waals surface area contributed by atoms with Gasteiger partial charge in [0.15, 0.2) is 5.82 Å². The molecule has 0 aliphatic carbocycles. The molecule has 8 heteroatoms. The number of carbonyl (C=O) groups excluding carboxylic acids is 1. The molecule has 0 bridgehead atoms. The number of nitrogens with one attached hydrogen (secondary N) is 1. The molecule has 2 aromatic carbocycles. The van der Waals surface area contributed by atoms with E-state index >= 15 is 0 Å². The summed E-state index contributed by atoms with van der Waals surface area (Å²) in [4.78, 5) is 12.2. The van der Waals surface area contributed by atoms with E-state index in [0.29, 0.717) is 17.1 Å². The minimum absolute atomic E-state index is 0.207. The average Bonchev–Trinajstić information content (AvgIpc) is 3.09. The maximum atomic E-state index is 12.2. The quantitative estimate of drug-likeness (QED) is 0.726. The van der Waals surface area contributed by atoms with Gasteiger partial charge in [-0.3, -0.25) is 4.79 Å². The fourth-order valence-electron chi connectivity index (χ4n) is 2.12. The molecule has 24 heavy (non-hydrogen) atoms. The highest BCUT2D eigenvalue weighted by Crippen LogP contribution is 2.15. The number of halogens is 1. The third-order valence-electron chi connectivity index (χ3n) is 3.34. The Morgan fingerprint density at radius 1 is 1.25 bits per heavy atom. The van der Waals surface area contributed by atoms with Gasteiger partial charge < -0.3 is 10.1 Å². The molecular weight excluding hydrogens is 374 g/mol. The van der Waals surface area contributed by atoms with Crippen molar-refractivity contribution in [1.29, 1.82) is 0 Å². The molecule has 0 radical (unpaired) electrons. The molecule has 1 heterocycles. The summed E-state index contributed by atoms with van der Waals surface area (Å²) in [6.45, 7) is 0.207. The summed E-state index contributed by atoms with van der Waals surface area (Å²) in [5, 5.41) is 14.4. The molecule has 0 unspecified atom stereocenters. The van der Waals surface area contributed by atoms with Gasteiger partial charge >= 0.3 is 0 Å². The number of benzene rings is 2. The lowest BCUT2D eigenvalue weighted by atomic mass is 10.2. The van der Waals surface area contributed by atoms with E-state index in [-0.39, 0.29) is 12.5 Å². The summed E-state index contributed by atoms with van der Waals surface area (Å²) >= 11 is 3.39. The van der Waals surface area contributed by atoms with Crippen LogP contribution in [-0.2, 0) is 6.54 Å². The summed E-state index contributed by atoms with van der Waals surface area (Å²) in [5.41, 5.74) is 1.32. The number of rotatable bonds is 5. The SMILES string of the molecule is COc1cccc(C(=O)NCc2nnnn2-c2ccc(Br)cc2)c1. The van der Waals surface area contributed by atoms with E-state index in [0.717, 1.165) is 10.2 Å². The van der Waals surface area contributed by atoms with Crippen molar-refractivity contribution in [1.82, 2.24) is 25.5 Å². The monoisotopic (exact) mass is 387 g/mol. The summed E-state index contributed by atoms with van der Waals surface area (Å²) in [6.07, 6.45) is 0. The van der Waals surface area contributed by atoms with Gasteiger partial charge in [-0.2, -0.15) is 4.68 Å². The fraction of sp³-hybridized carbons (Fsp3) is 0.125. The van der Waals surface area contributed by atoms with Gasteiger partial charge in [-0.05, 0) is 52.9 Å². The first-order chi connectivity index (χ1) is 11.7. The van der Waals surface area contributed by atoms with Crippen LogP contribution in [0.3, 0.4) is 0 Å². The van der Waals surface area contributed by atoms with Crippen molar-refractivity contribution >= 4 is 21.8 Å². The van der Waals surface area contributed by atoms with Crippen molar-refractivity contribution in [2.75, 3.05) is 7.11 Å². The van der Waals surface area contributed by atoms with E-state index in [4.69, 9.17) is 4.74 Å². The maximum absolute atomic E-state index is 12.2. The van der Waals surface area contributed by atoms with Crippen LogP contribution in [0.25, 0.3) is 5.69 Å². The lowest BCUT2D eigenvalue weighted by Crippen LogP contribution is -2.24. The minimum Gasteiger partial charge on any atom is -0.497 e. The van der Waals surface area contributed by atoms with E-state index in [9.17, 15) is 4.79 Å². The van der Waals surface area contributed by atoms with Crippen molar-refractivity contribution in [3.8, 4) is 11.4 Å². The van der Waals surface area contributed by atoms with Crippen LogP contribution in [0.2, 0.25) is 0 Å². The van der Waals surface area contributed by atoms with E-state index in [1.165, 1.54) is 0 Å². The van der Waals surface area contributed by atoms with Crippen molar-refractivity contribution in [3.63, 3.8) is 0 Å². The predicted octanol–water partition coefficient (Wildman–Crippen LogP) is 2.36. The molecule has 0 spiro atoms. The van der Waals surface area contributed by atoms with Crippen LogP contribution in [0.5, 0.6) is 5.75 Å². The van der Waals surface area contributed by atoms with Gasteiger partial charge in [0.1, 0.15) is 5.75 Å². The number of aromatic nitrogens is 4. The summed E-state index contributed by atoms with van der Waals surface area (Å²) in [5.74, 6) is 0.940. The Labute approximate surface area is 146 Å². The molecule has 0 aliphatic heterocycles. The lowest BCUT2D eigenvalue weighted by Gasteiger charge is -2.07. The van der Waals surface area contributed by atoms with Gasteiger partial charge in [-0.25, -0.2) is 0 Å². The van der Waals surface area contributed by atoms with Gasteiger partial charge in [0.2, 0.25) is 0 Å². The molecule has 0 saturated carbocycles. The third kappa shape index (κ3) is 3.60. The first-order valence-electron chi connectivity index (χ1n) is 7.13. The number of methoxy groups -OCH3 is 1. The highest BCUT2D eigenvalue weighted by atomic mass is 79.9. The normalized spacial score (nSPS) is 10.4. The molecule has 0 atom stereocenters. The smallest absolute Gasteiger partial charge is 0.251 e. The Morgan fingerprint density at radius 2 is 2.04 bits per heavy atom. The Balaban J connectivity index is 1.72. The van der Waals surface area contributed by atoms with Gasteiger partial charge in [-0.1, -0.05) is 22.0 Å². The van der Waals surface area contributed by atoms with Crippen molar-refractivity contribution in [2.45, 2.75) is 6.54 Å². The van der Waals surface area contributed by atoms with Crippen LogP contribution < -0.4 is 10.1 Å². The Bertz CT molecular complexity index is 848. The van der Waals surface area contributed by atoms with Crippen molar-refractivity contribution in [2.24, 2.45) is 0 Å². The fourth-order valence-corrected chi connectivity index (χ4v) is 2.39. The molecule has 0 saturated heterocycles. The van der Waals surface area contributed by atoms with E-state index in [2.05, 4.69) is 36.8 Å². The highest BCUT2D eigenvalue weighted by Gasteiger charge is 2.11. The van der Waals surface area contributed by atoms with Gasteiger partial charge in [0, 0.05) is 10.0 Å². The Morgan fingerprint density at radius 3 is 2.79 bits per heavy atom. The highest BCUT2D eigenvalue weighted by molar-refractivity contribution is 9.10. The maximum Gasteiger partial charge on any atom is 0.251 e. The zero-order valence-corrected chi connectivity index (χ0v) is 14.4. The second-order valence-corrected chi connectivity index (χ2v) is 5.81. The number of nitrogens with zero attached hydrogens (tertiary/aromatic N) is 4. The number of tetrazole rings is 1. The molecule has 122 valence electrons. The molecule has 3 rings (SSSR count). The zero-order valence-electron chi connectivity index (χ0n) is 12.8. The molecule has 0 aliphatic rings. The second-order valence-electron chi connectivity index (χ2n) is 4.90. The topological polar surface area (TPSA) is 81.9 Å². The summed E-state index contributed by atoms with van der Waals surface area (Å²) in [6, 6.07) is 14.5. The first-order valence-corrected chi connectivity index (χ1v) is 7.92. The van der Waals surface area contributed by atoms with Gasteiger partial charge in [0.25, 0.3) is 5.91 Å². The molecular formula is C16H14BrN5O2. The molecule has 0 fully saturated rings. The molecule has 7 nitrogen and oxygen atoms in total. The largest absolute Gasteiger partial charge is 0.497 e. The number of ether oxygens (including phenoxy) is 1. The third-order valence-corrected chi connectivity index (χ3v) is 3.87. The minimum atomic E-state index is -0.223. The van der Waals surface area contributed by atoms with Crippen molar-refractivity contribution < 1.29 is 9.53 Å². The summed E-state index contributed by atoms with van der Waals surface area (Å²) in [7, 11) is 1.56. The standard InChI is InChI=1S/C16H14BrN5O2/c1-24-14-4-2-3-11(9-14)16(23)18-10-15-19-20-21-22(15)13-7-5-12(17)6-8-13/h2-9H,10H2,1H3,(H,18,23). The first kappa shape index (κ1) is 16.1. The zero-order chi connectivity index (χ0) is 16.9. The van der Waals surface area contributed by atoms with Gasteiger partial charge in [-0.15, -0.1) is 5.10 Å². The van der Waals surface area contributed by atoms with Crippen LogP contribution in [-0.4, -0.2) is 33.2 Å².